The van der Waals surface area contributed by atoms with E-state index < -0.39 is 5.97 Å². The summed E-state index contributed by atoms with van der Waals surface area (Å²) < 4.78 is 2.03. The van der Waals surface area contributed by atoms with Gasteiger partial charge in [-0.2, -0.15) is 0 Å². The molecule has 1 amide bonds. The Kier molecular flexibility index (Phi) is 5.39. The number of aromatic carboxylic acids is 1. The van der Waals surface area contributed by atoms with Crippen molar-refractivity contribution in [2.24, 2.45) is 0 Å². The summed E-state index contributed by atoms with van der Waals surface area (Å²) in [5.41, 5.74) is 0.706. The predicted molar refractivity (Wildman–Crippen MR) is 95.9 cm³/mol. The van der Waals surface area contributed by atoms with Crippen LogP contribution in [0.2, 0.25) is 0 Å². The van der Waals surface area contributed by atoms with Crippen molar-refractivity contribution in [1.29, 1.82) is 0 Å². The molecule has 0 bridgehead atoms. The van der Waals surface area contributed by atoms with Crippen LogP contribution < -0.4 is 5.32 Å². The van der Waals surface area contributed by atoms with Crippen molar-refractivity contribution < 1.29 is 14.7 Å². The van der Waals surface area contributed by atoms with E-state index in [-0.39, 0.29) is 17.2 Å². The highest BCUT2D eigenvalue weighted by Crippen LogP contribution is 2.31. The molecule has 0 atom stereocenters. The maximum absolute atomic E-state index is 12.2. The summed E-state index contributed by atoms with van der Waals surface area (Å²) in [5.74, 6) is -1.48. The van der Waals surface area contributed by atoms with Gasteiger partial charge in [0.05, 0.1) is 11.3 Å². The monoisotopic (exact) mass is 523 g/mol. The van der Waals surface area contributed by atoms with Crippen LogP contribution in [0.25, 0.3) is 0 Å². The number of halogens is 3. The molecule has 0 saturated heterocycles. The fourth-order valence-corrected chi connectivity index (χ4v) is 3.55. The number of carboxylic acid groups (broad SMARTS) is 1. The average molecular weight is 525 g/mol. The first-order valence-corrected chi connectivity index (χ1v) is 8.34. The van der Waals surface area contributed by atoms with Crippen molar-refractivity contribution in [3.05, 3.63) is 60.0 Å². The van der Waals surface area contributed by atoms with E-state index in [2.05, 4.69) is 59.8 Å². The number of amides is 1. The maximum atomic E-state index is 12.2. The molecule has 4 nitrogen and oxygen atoms in total. The van der Waals surface area contributed by atoms with E-state index >= 15 is 0 Å². The largest absolute Gasteiger partial charge is 0.478 e. The predicted octanol–water partition coefficient (Wildman–Crippen LogP) is 4.77. The number of hydrogen-bond donors (Lipinski definition) is 2. The molecule has 0 aliphatic heterocycles. The molecule has 2 rings (SSSR count). The van der Waals surface area contributed by atoms with Gasteiger partial charge in [0.15, 0.2) is 0 Å². The van der Waals surface area contributed by atoms with Gasteiger partial charge in [0.1, 0.15) is 0 Å². The Labute approximate surface area is 151 Å². The molecule has 2 aromatic rings. The molecule has 0 radical (unpaired) electrons. The number of benzene rings is 2. The lowest BCUT2D eigenvalue weighted by molar-refractivity contribution is 0.0698. The summed E-state index contributed by atoms with van der Waals surface area (Å²) in [5, 5.41) is 11.9. The van der Waals surface area contributed by atoms with Crippen LogP contribution in [0.4, 0.5) is 5.69 Å². The zero-order valence-electron chi connectivity index (χ0n) is 10.4. The lowest BCUT2D eigenvalue weighted by Gasteiger charge is -2.11. The van der Waals surface area contributed by atoms with Gasteiger partial charge in [0.25, 0.3) is 5.91 Å². The van der Waals surface area contributed by atoms with E-state index in [9.17, 15) is 14.7 Å². The maximum Gasteiger partial charge on any atom is 0.337 e. The van der Waals surface area contributed by atoms with E-state index in [1.807, 2.05) is 6.07 Å². The Morgan fingerprint density at radius 1 is 1.14 bits per heavy atom. The molecule has 0 heterocycles. The minimum Gasteiger partial charge on any atom is -0.478 e. The number of hydrogen-bond acceptors (Lipinski definition) is 2. The summed E-state index contributed by atoms with van der Waals surface area (Å²) in [6.45, 7) is 0. The highest BCUT2D eigenvalue weighted by molar-refractivity contribution is 14.1. The summed E-state index contributed by atoms with van der Waals surface area (Å²) >= 11 is 8.61. The quantitative estimate of drug-likeness (QED) is 0.569. The van der Waals surface area contributed by atoms with Gasteiger partial charge in [-0.25, -0.2) is 4.79 Å². The normalized spacial score (nSPS) is 10.2. The van der Waals surface area contributed by atoms with E-state index in [1.54, 1.807) is 24.3 Å². The number of carbonyl (C=O) groups is 2. The minimum absolute atomic E-state index is 0.00947. The Hall–Kier alpha value is -0.930. The topological polar surface area (TPSA) is 66.4 Å². The zero-order valence-corrected chi connectivity index (χ0v) is 15.7. The molecule has 2 N–H and O–H groups in total. The van der Waals surface area contributed by atoms with Crippen LogP contribution in [0.15, 0.2) is 45.3 Å². The lowest BCUT2D eigenvalue weighted by Crippen LogP contribution is -2.15. The molecule has 0 saturated carbocycles. The fraction of sp³-hybridized carbons (Fsp3) is 0. The second kappa shape index (κ2) is 6.89. The van der Waals surface area contributed by atoms with Crippen LogP contribution >= 0.6 is 54.5 Å². The molecule has 0 unspecified atom stereocenters. The highest BCUT2D eigenvalue weighted by Gasteiger charge is 2.17. The van der Waals surface area contributed by atoms with Gasteiger partial charge in [-0.1, -0.05) is 22.0 Å². The molecule has 0 fully saturated rings. The van der Waals surface area contributed by atoms with Gasteiger partial charge in [-0.05, 0) is 68.9 Å². The molecule has 0 spiro atoms. The Morgan fingerprint density at radius 2 is 1.86 bits per heavy atom. The van der Waals surface area contributed by atoms with Gasteiger partial charge in [0, 0.05) is 18.1 Å². The average Bonchev–Trinajstić information content (AvgIpc) is 2.41. The number of carboxylic acids is 1. The van der Waals surface area contributed by atoms with E-state index in [0.717, 1.165) is 3.57 Å². The molecule has 2 aromatic carbocycles. The van der Waals surface area contributed by atoms with E-state index in [1.165, 1.54) is 6.07 Å². The Bertz CT molecular complexity index is 734. The van der Waals surface area contributed by atoms with Crippen molar-refractivity contribution in [1.82, 2.24) is 0 Å². The van der Waals surface area contributed by atoms with Crippen LogP contribution in [0, 0.1) is 3.57 Å². The van der Waals surface area contributed by atoms with Gasteiger partial charge < -0.3 is 10.4 Å². The van der Waals surface area contributed by atoms with Crippen molar-refractivity contribution in [3.63, 3.8) is 0 Å². The minimum atomic E-state index is -1.12. The number of nitrogens with one attached hydrogen (secondary N) is 1. The number of anilines is 1. The summed E-state index contributed by atoms with van der Waals surface area (Å²) in [6.07, 6.45) is 0. The summed E-state index contributed by atoms with van der Waals surface area (Å²) in [4.78, 5) is 23.5. The molecular formula is C14H8Br2INO3. The zero-order chi connectivity index (χ0) is 15.6. The van der Waals surface area contributed by atoms with Gasteiger partial charge >= 0.3 is 5.97 Å². The SMILES string of the molecule is O=C(Nc1c(Br)cc(Br)cc1C(=O)O)c1cccc(I)c1. The molecule has 0 aromatic heterocycles. The first-order valence-electron chi connectivity index (χ1n) is 5.67. The first-order chi connectivity index (χ1) is 9.88. The molecular weight excluding hydrogens is 517 g/mol. The molecule has 0 aliphatic carbocycles. The van der Waals surface area contributed by atoms with Crippen molar-refractivity contribution in [3.8, 4) is 0 Å². The van der Waals surface area contributed by atoms with Crippen molar-refractivity contribution in [2.45, 2.75) is 0 Å². The van der Waals surface area contributed by atoms with E-state index in [4.69, 9.17) is 0 Å². The van der Waals surface area contributed by atoms with Crippen LogP contribution in [0.3, 0.4) is 0 Å². The van der Waals surface area contributed by atoms with Crippen LogP contribution in [-0.4, -0.2) is 17.0 Å². The molecule has 0 aliphatic rings. The summed E-state index contributed by atoms with van der Waals surface area (Å²) in [7, 11) is 0. The molecule has 21 heavy (non-hydrogen) atoms. The second-order valence-electron chi connectivity index (χ2n) is 4.08. The standard InChI is InChI=1S/C14H8Br2INO3/c15-8-5-10(14(20)21)12(11(16)6-8)18-13(19)7-2-1-3-9(17)4-7/h1-6H,(H,18,19)(H,20,21). The summed E-state index contributed by atoms with van der Waals surface area (Å²) in [6, 6.07) is 10.2. The third kappa shape index (κ3) is 4.04. The third-order valence-corrected chi connectivity index (χ3v) is 4.36. The third-order valence-electron chi connectivity index (χ3n) is 2.61. The van der Waals surface area contributed by atoms with Crippen molar-refractivity contribution >= 4 is 72.0 Å². The smallest absolute Gasteiger partial charge is 0.337 e. The van der Waals surface area contributed by atoms with Gasteiger partial charge in [0.2, 0.25) is 0 Å². The van der Waals surface area contributed by atoms with Crippen molar-refractivity contribution in [2.75, 3.05) is 5.32 Å². The van der Waals surface area contributed by atoms with Crippen LogP contribution in [0.5, 0.6) is 0 Å². The first kappa shape index (κ1) is 16.4. The fourth-order valence-electron chi connectivity index (χ4n) is 1.68. The van der Waals surface area contributed by atoms with Crippen LogP contribution in [-0.2, 0) is 0 Å². The lowest BCUT2D eigenvalue weighted by atomic mass is 10.1. The number of carbonyl (C=O) groups excluding carboxylic acids is 1. The Balaban J connectivity index is 2.39. The van der Waals surface area contributed by atoms with E-state index in [0.29, 0.717) is 14.5 Å². The molecule has 7 heteroatoms. The number of rotatable bonds is 3. The van der Waals surface area contributed by atoms with Crippen LogP contribution in [0.1, 0.15) is 20.7 Å². The molecule has 108 valence electrons. The second-order valence-corrected chi connectivity index (χ2v) is 7.10. The van der Waals surface area contributed by atoms with Gasteiger partial charge in [-0.15, -0.1) is 0 Å². The highest BCUT2D eigenvalue weighted by atomic mass is 127. The Morgan fingerprint density at radius 3 is 2.48 bits per heavy atom. The van der Waals surface area contributed by atoms with Gasteiger partial charge in [-0.3, -0.25) is 4.79 Å².